The Morgan fingerprint density at radius 2 is 1.81 bits per heavy atom. The van der Waals surface area contributed by atoms with Gasteiger partial charge in [-0.15, -0.1) is 6.58 Å². The van der Waals surface area contributed by atoms with Crippen molar-refractivity contribution in [2.75, 3.05) is 13.2 Å². The third kappa shape index (κ3) is 7.29. The van der Waals surface area contributed by atoms with Gasteiger partial charge in [-0.2, -0.15) is 0 Å². The van der Waals surface area contributed by atoms with E-state index in [4.69, 9.17) is 9.47 Å². The molecule has 0 aromatic heterocycles. The molecule has 1 aromatic rings. The van der Waals surface area contributed by atoms with Gasteiger partial charge in [0, 0.05) is 6.54 Å². The van der Waals surface area contributed by atoms with E-state index in [0.29, 0.717) is 18.5 Å². The maximum absolute atomic E-state index is 12.7. The van der Waals surface area contributed by atoms with Crippen LogP contribution in [0.4, 0.5) is 4.79 Å². The van der Waals surface area contributed by atoms with E-state index >= 15 is 0 Å². The fraction of sp³-hybridized carbons (Fsp3) is 0.455. The van der Waals surface area contributed by atoms with Crippen molar-refractivity contribution in [2.24, 2.45) is 0 Å². The molecule has 5 heteroatoms. The minimum absolute atomic E-state index is 0.280. The SMILES string of the molecule is C=CCN(C(=O)OC(C)(C)C)C(/C=C(\C(=O)OCC)c1ccccc1)CC. The van der Waals surface area contributed by atoms with E-state index in [9.17, 15) is 9.59 Å². The van der Waals surface area contributed by atoms with Gasteiger partial charge in [-0.3, -0.25) is 4.90 Å². The summed E-state index contributed by atoms with van der Waals surface area (Å²) in [6.07, 6.45) is 3.60. The predicted molar refractivity (Wildman–Crippen MR) is 108 cm³/mol. The smallest absolute Gasteiger partial charge is 0.411 e. The molecule has 1 rings (SSSR count). The van der Waals surface area contributed by atoms with Crippen molar-refractivity contribution in [3.8, 4) is 0 Å². The minimum Gasteiger partial charge on any atom is -0.462 e. The first-order valence-corrected chi connectivity index (χ1v) is 9.28. The van der Waals surface area contributed by atoms with Crippen LogP contribution in [0.5, 0.6) is 0 Å². The molecule has 0 spiro atoms. The monoisotopic (exact) mass is 373 g/mol. The highest BCUT2D eigenvalue weighted by molar-refractivity contribution is 6.16. The topological polar surface area (TPSA) is 55.8 Å². The highest BCUT2D eigenvalue weighted by Crippen LogP contribution is 2.21. The van der Waals surface area contributed by atoms with E-state index in [1.807, 2.05) is 58.0 Å². The van der Waals surface area contributed by atoms with E-state index < -0.39 is 17.7 Å². The first-order valence-electron chi connectivity index (χ1n) is 9.28. The molecule has 0 aliphatic carbocycles. The first kappa shape index (κ1) is 22.5. The number of hydrogen-bond acceptors (Lipinski definition) is 4. The maximum Gasteiger partial charge on any atom is 0.411 e. The molecule has 1 unspecified atom stereocenters. The molecular formula is C22H31NO4. The Balaban J connectivity index is 3.30. The fourth-order valence-corrected chi connectivity index (χ4v) is 2.53. The van der Waals surface area contributed by atoms with Gasteiger partial charge in [-0.25, -0.2) is 9.59 Å². The molecule has 148 valence electrons. The molecule has 0 aliphatic rings. The second-order valence-electron chi connectivity index (χ2n) is 7.06. The second-order valence-corrected chi connectivity index (χ2v) is 7.06. The third-order valence-corrected chi connectivity index (χ3v) is 3.71. The molecule has 0 aliphatic heterocycles. The summed E-state index contributed by atoms with van der Waals surface area (Å²) in [5.41, 5.74) is 0.570. The van der Waals surface area contributed by atoms with E-state index in [1.165, 1.54) is 0 Å². The number of carbonyl (C=O) groups is 2. The third-order valence-electron chi connectivity index (χ3n) is 3.71. The number of rotatable bonds is 8. The Kier molecular flexibility index (Phi) is 8.79. The fourth-order valence-electron chi connectivity index (χ4n) is 2.53. The number of benzene rings is 1. The summed E-state index contributed by atoms with van der Waals surface area (Å²) in [4.78, 5) is 26.8. The van der Waals surface area contributed by atoms with E-state index in [1.54, 1.807) is 24.0 Å². The molecule has 0 radical (unpaired) electrons. The molecule has 0 saturated carbocycles. The van der Waals surface area contributed by atoms with Crippen LogP contribution in [0.3, 0.4) is 0 Å². The molecule has 0 bridgehead atoms. The molecule has 0 heterocycles. The van der Waals surface area contributed by atoms with Crippen molar-refractivity contribution in [1.29, 1.82) is 0 Å². The Morgan fingerprint density at radius 3 is 2.30 bits per heavy atom. The van der Waals surface area contributed by atoms with Crippen LogP contribution >= 0.6 is 0 Å². The Hall–Kier alpha value is -2.56. The van der Waals surface area contributed by atoms with Crippen LogP contribution in [0.2, 0.25) is 0 Å². The minimum atomic E-state index is -0.609. The zero-order valence-corrected chi connectivity index (χ0v) is 17.0. The van der Waals surface area contributed by atoms with Crippen LogP contribution < -0.4 is 0 Å². The summed E-state index contributed by atoms with van der Waals surface area (Å²) < 4.78 is 10.7. The second kappa shape index (κ2) is 10.6. The van der Waals surface area contributed by atoms with Crippen molar-refractivity contribution in [3.05, 3.63) is 54.6 Å². The zero-order valence-electron chi connectivity index (χ0n) is 17.0. The lowest BCUT2D eigenvalue weighted by molar-refractivity contribution is -0.136. The largest absolute Gasteiger partial charge is 0.462 e. The number of ether oxygens (including phenoxy) is 2. The van der Waals surface area contributed by atoms with Gasteiger partial charge in [0.25, 0.3) is 0 Å². The highest BCUT2D eigenvalue weighted by atomic mass is 16.6. The summed E-state index contributed by atoms with van der Waals surface area (Å²) in [5.74, 6) is -0.412. The van der Waals surface area contributed by atoms with Gasteiger partial charge >= 0.3 is 12.1 Å². The molecule has 27 heavy (non-hydrogen) atoms. The quantitative estimate of drug-likeness (QED) is 0.372. The maximum atomic E-state index is 12.7. The molecular weight excluding hydrogens is 342 g/mol. The van der Waals surface area contributed by atoms with E-state index in [-0.39, 0.29) is 12.6 Å². The van der Waals surface area contributed by atoms with Gasteiger partial charge in [-0.05, 0) is 45.8 Å². The van der Waals surface area contributed by atoms with Crippen LogP contribution in [0.25, 0.3) is 5.57 Å². The zero-order chi connectivity index (χ0) is 20.4. The number of hydrogen-bond donors (Lipinski definition) is 0. The molecule has 1 atom stereocenters. The van der Waals surface area contributed by atoms with E-state index in [0.717, 1.165) is 5.56 Å². The average Bonchev–Trinajstić information content (AvgIpc) is 2.60. The molecule has 0 N–H and O–H groups in total. The van der Waals surface area contributed by atoms with Crippen molar-refractivity contribution in [3.63, 3.8) is 0 Å². The van der Waals surface area contributed by atoms with Crippen LogP contribution in [0.1, 0.15) is 46.6 Å². The van der Waals surface area contributed by atoms with Gasteiger partial charge in [0.1, 0.15) is 5.60 Å². The Labute approximate surface area is 162 Å². The van der Waals surface area contributed by atoms with Crippen LogP contribution in [0, 0.1) is 0 Å². The van der Waals surface area contributed by atoms with Crippen LogP contribution in [-0.4, -0.2) is 41.8 Å². The number of nitrogens with zero attached hydrogens (tertiary/aromatic N) is 1. The normalized spacial score (nSPS) is 12.9. The van der Waals surface area contributed by atoms with Crippen LogP contribution in [-0.2, 0) is 14.3 Å². The van der Waals surface area contributed by atoms with Gasteiger partial charge in [0.2, 0.25) is 0 Å². The standard InChI is InChI=1S/C22H31NO4/c1-7-15-23(21(25)27-22(4,5)6)18(8-2)16-19(20(24)26-9-3)17-13-11-10-12-14-17/h7,10-14,16,18H,1,8-9,15H2,2-6H3/b19-16-. The molecule has 5 nitrogen and oxygen atoms in total. The summed E-state index contributed by atoms with van der Waals surface area (Å²) in [5, 5.41) is 0. The lowest BCUT2D eigenvalue weighted by atomic mass is 10.0. The van der Waals surface area contributed by atoms with Crippen molar-refractivity contribution >= 4 is 17.6 Å². The summed E-state index contributed by atoms with van der Waals surface area (Å²) in [6, 6.07) is 8.96. The van der Waals surface area contributed by atoms with Gasteiger partial charge in [-0.1, -0.05) is 43.3 Å². The summed E-state index contributed by atoms with van der Waals surface area (Å²) in [7, 11) is 0. The van der Waals surface area contributed by atoms with Crippen molar-refractivity contribution in [1.82, 2.24) is 4.90 Å². The molecule has 0 saturated heterocycles. The summed E-state index contributed by atoms with van der Waals surface area (Å²) >= 11 is 0. The van der Waals surface area contributed by atoms with Gasteiger partial charge in [0.15, 0.2) is 0 Å². The number of amides is 1. The first-order chi connectivity index (χ1) is 12.7. The Bertz CT molecular complexity index is 659. The van der Waals surface area contributed by atoms with Gasteiger partial charge in [0.05, 0.1) is 18.2 Å². The predicted octanol–water partition coefficient (Wildman–Crippen LogP) is 4.83. The molecule has 1 amide bonds. The average molecular weight is 373 g/mol. The highest BCUT2D eigenvalue weighted by Gasteiger charge is 2.27. The van der Waals surface area contributed by atoms with Crippen molar-refractivity contribution < 1.29 is 19.1 Å². The van der Waals surface area contributed by atoms with Crippen LogP contribution in [0.15, 0.2) is 49.1 Å². The number of carbonyl (C=O) groups excluding carboxylic acids is 2. The van der Waals surface area contributed by atoms with E-state index in [2.05, 4.69) is 6.58 Å². The molecule has 0 fully saturated rings. The summed E-state index contributed by atoms with van der Waals surface area (Å²) in [6.45, 7) is 13.5. The lowest BCUT2D eigenvalue weighted by Crippen LogP contribution is -2.42. The Morgan fingerprint density at radius 1 is 1.19 bits per heavy atom. The van der Waals surface area contributed by atoms with Crippen molar-refractivity contribution in [2.45, 2.75) is 52.7 Å². The molecule has 1 aromatic carbocycles. The van der Waals surface area contributed by atoms with Gasteiger partial charge < -0.3 is 9.47 Å². The number of esters is 1. The lowest BCUT2D eigenvalue weighted by Gasteiger charge is -2.31.